The Bertz CT molecular complexity index is 597. The molecule has 1 aromatic heterocycles. The van der Waals surface area contributed by atoms with Gasteiger partial charge in [0.15, 0.2) is 0 Å². The van der Waals surface area contributed by atoms with Gasteiger partial charge in [-0.2, -0.15) is 5.10 Å². The van der Waals surface area contributed by atoms with Crippen LogP contribution in [0.1, 0.15) is 17.0 Å². The number of aromatic nitrogens is 2. The lowest BCUT2D eigenvalue weighted by Gasteiger charge is -2.09. The monoisotopic (exact) mass is 388 g/mol. The third kappa shape index (κ3) is 3.19. The zero-order valence-corrected chi connectivity index (χ0v) is 13.8. The van der Waals surface area contributed by atoms with Crippen molar-refractivity contribution >= 4 is 31.9 Å². The summed E-state index contributed by atoms with van der Waals surface area (Å²) in [7, 11) is 1.89. The summed E-state index contributed by atoms with van der Waals surface area (Å²) in [6.07, 6.45) is 0. The molecule has 0 bridgehead atoms. The number of aliphatic hydroxyl groups is 1. The first-order valence-electron chi connectivity index (χ1n) is 5.73. The molecule has 1 N–H and O–H groups in total. The first-order chi connectivity index (χ1) is 9.02. The molecule has 6 heteroatoms. The van der Waals surface area contributed by atoms with Gasteiger partial charge in [0.05, 0.1) is 22.5 Å². The highest BCUT2D eigenvalue weighted by Crippen LogP contribution is 2.25. The molecule has 2 aromatic rings. The molecule has 0 radical (unpaired) electrons. The molecule has 0 atom stereocenters. The van der Waals surface area contributed by atoms with Crippen molar-refractivity contribution < 1.29 is 9.84 Å². The van der Waals surface area contributed by atoms with Crippen molar-refractivity contribution in [1.29, 1.82) is 0 Å². The molecule has 0 spiro atoms. The van der Waals surface area contributed by atoms with Gasteiger partial charge in [0, 0.05) is 11.5 Å². The second-order valence-corrected chi connectivity index (χ2v) is 5.82. The Morgan fingerprint density at radius 3 is 2.68 bits per heavy atom. The lowest BCUT2D eigenvalue weighted by molar-refractivity contribution is 0.275. The average molecular weight is 390 g/mol. The van der Waals surface area contributed by atoms with Gasteiger partial charge in [0.25, 0.3) is 0 Å². The summed E-state index contributed by atoms with van der Waals surface area (Å²) in [5, 5.41) is 13.5. The van der Waals surface area contributed by atoms with Crippen LogP contribution in [0.5, 0.6) is 5.75 Å². The Labute approximate surface area is 128 Å². The molecule has 0 fully saturated rings. The largest absolute Gasteiger partial charge is 0.487 e. The Morgan fingerprint density at radius 2 is 2.11 bits per heavy atom. The first kappa shape index (κ1) is 14.6. The standard InChI is InChI=1S/C13H14Br2N2O2/c1-8-13(15)12(17(2)16-8)7-19-10-3-4-11(14)9(5-10)6-18/h3-5,18H,6-7H2,1-2H3. The number of aliphatic hydroxyl groups excluding tert-OH is 1. The molecule has 102 valence electrons. The highest BCUT2D eigenvalue weighted by atomic mass is 79.9. The normalized spacial score (nSPS) is 10.8. The number of aryl methyl sites for hydroxylation is 2. The van der Waals surface area contributed by atoms with Crippen molar-refractivity contribution in [3.8, 4) is 5.75 Å². The first-order valence-corrected chi connectivity index (χ1v) is 7.31. The fourth-order valence-corrected chi connectivity index (χ4v) is 2.57. The van der Waals surface area contributed by atoms with Gasteiger partial charge in [-0.15, -0.1) is 0 Å². The Hall–Kier alpha value is -0.850. The van der Waals surface area contributed by atoms with Crippen LogP contribution in [-0.4, -0.2) is 14.9 Å². The molecule has 0 aliphatic carbocycles. The van der Waals surface area contributed by atoms with Crippen molar-refractivity contribution in [2.24, 2.45) is 7.05 Å². The minimum Gasteiger partial charge on any atom is -0.487 e. The van der Waals surface area contributed by atoms with Gasteiger partial charge in [-0.25, -0.2) is 0 Å². The molecule has 0 aliphatic rings. The van der Waals surface area contributed by atoms with Crippen LogP contribution < -0.4 is 4.74 Å². The van der Waals surface area contributed by atoms with E-state index >= 15 is 0 Å². The van der Waals surface area contributed by atoms with E-state index in [2.05, 4.69) is 37.0 Å². The van der Waals surface area contributed by atoms with E-state index in [0.717, 1.165) is 31.6 Å². The topological polar surface area (TPSA) is 47.3 Å². The van der Waals surface area contributed by atoms with Gasteiger partial charge in [0.2, 0.25) is 0 Å². The number of ether oxygens (including phenoxy) is 1. The number of hydrogen-bond acceptors (Lipinski definition) is 3. The lowest BCUT2D eigenvalue weighted by atomic mass is 10.2. The van der Waals surface area contributed by atoms with Crippen LogP contribution in [-0.2, 0) is 20.3 Å². The molecule has 0 saturated carbocycles. The zero-order valence-electron chi connectivity index (χ0n) is 10.7. The van der Waals surface area contributed by atoms with Crippen molar-refractivity contribution in [1.82, 2.24) is 9.78 Å². The maximum absolute atomic E-state index is 9.21. The van der Waals surface area contributed by atoms with Crippen molar-refractivity contribution in [3.05, 3.63) is 44.1 Å². The minimum atomic E-state index is -0.0215. The van der Waals surface area contributed by atoms with Crippen molar-refractivity contribution in [2.45, 2.75) is 20.1 Å². The van der Waals surface area contributed by atoms with E-state index < -0.39 is 0 Å². The summed E-state index contributed by atoms with van der Waals surface area (Å²) in [4.78, 5) is 0. The quantitative estimate of drug-likeness (QED) is 0.872. The molecule has 1 heterocycles. The van der Waals surface area contributed by atoms with Gasteiger partial charge < -0.3 is 9.84 Å². The summed E-state index contributed by atoms with van der Waals surface area (Å²) < 4.78 is 9.38. The maximum Gasteiger partial charge on any atom is 0.131 e. The maximum atomic E-state index is 9.21. The predicted molar refractivity (Wildman–Crippen MR) is 80.0 cm³/mol. The van der Waals surface area contributed by atoms with Gasteiger partial charge in [-0.1, -0.05) is 15.9 Å². The summed E-state index contributed by atoms with van der Waals surface area (Å²) in [6, 6.07) is 5.55. The molecule has 19 heavy (non-hydrogen) atoms. The van der Waals surface area contributed by atoms with E-state index in [1.165, 1.54) is 0 Å². The summed E-state index contributed by atoms with van der Waals surface area (Å²) in [5.41, 5.74) is 2.72. The molecule has 4 nitrogen and oxygen atoms in total. The van der Waals surface area contributed by atoms with Crippen LogP contribution >= 0.6 is 31.9 Å². The number of hydrogen-bond donors (Lipinski definition) is 1. The van der Waals surface area contributed by atoms with Gasteiger partial charge in [0.1, 0.15) is 12.4 Å². The molecule has 2 rings (SSSR count). The smallest absolute Gasteiger partial charge is 0.131 e. The van der Waals surface area contributed by atoms with Crippen molar-refractivity contribution in [2.75, 3.05) is 0 Å². The molecule has 1 aromatic carbocycles. The molecular weight excluding hydrogens is 376 g/mol. The zero-order chi connectivity index (χ0) is 14.0. The second-order valence-electron chi connectivity index (χ2n) is 4.17. The fourth-order valence-electron chi connectivity index (χ4n) is 1.75. The third-order valence-electron chi connectivity index (χ3n) is 2.82. The second kappa shape index (κ2) is 6.07. The lowest BCUT2D eigenvalue weighted by Crippen LogP contribution is -2.04. The number of rotatable bonds is 4. The van der Waals surface area contributed by atoms with E-state index in [4.69, 9.17) is 4.74 Å². The summed E-state index contributed by atoms with van der Waals surface area (Å²) in [5.74, 6) is 0.720. The summed E-state index contributed by atoms with van der Waals surface area (Å²) in [6.45, 7) is 2.34. The molecule has 0 saturated heterocycles. The molecular formula is C13H14Br2N2O2. The van der Waals surface area contributed by atoms with Crippen molar-refractivity contribution in [3.63, 3.8) is 0 Å². The van der Waals surface area contributed by atoms with E-state index in [1.807, 2.05) is 32.2 Å². The van der Waals surface area contributed by atoms with Crippen LogP contribution in [0.25, 0.3) is 0 Å². The predicted octanol–water partition coefficient (Wildman–Crippen LogP) is 3.32. The number of benzene rings is 1. The number of nitrogens with zero attached hydrogens (tertiary/aromatic N) is 2. The van der Waals surface area contributed by atoms with E-state index in [0.29, 0.717) is 6.61 Å². The van der Waals surface area contributed by atoms with Crippen LogP contribution in [0, 0.1) is 6.92 Å². The van der Waals surface area contributed by atoms with Crippen LogP contribution in [0.2, 0.25) is 0 Å². The van der Waals surface area contributed by atoms with E-state index in [-0.39, 0.29) is 6.61 Å². The van der Waals surface area contributed by atoms with Crippen LogP contribution in [0.15, 0.2) is 27.1 Å². The molecule has 0 aliphatic heterocycles. The van der Waals surface area contributed by atoms with Gasteiger partial charge in [-0.3, -0.25) is 4.68 Å². The SMILES string of the molecule is Cc1nn(C)c(COc2ccc(Br)c(CO)c2)c1Br. The summed E-state index contributed by atoms with van der Waals surface area (Å²) >= 11 is 6.88. The molecule has 0 amide bonds. The van der Waals surface area contributed by atoms with Gasteiger partial charge >= 0.3 is 0 Å². The van der Waals surface area contributed by atoms with E-state index in [1.54, 1.807) is 4.68 Å². The highest BCUT2D eigenvalue weighted by molar-refractivity contribution is 9.10. The Balaban J connectivity index is 2.14. The fraction of sp³-hybridized carbons (Fsp3) is 0.308. The average Bonchev–Trinajstić information content (AvgIpc) is 2.63. The highest BCUT2D eigenvalue weighted by Gasteiger charge is 2.11. The van der Waals surface area contributed by atoms with E-state index in [9.17, 15) is 5.11 Å². The Kier molecular flexibility index (Phi) is 4.65. The molecule has 0 unspecified atom stereocenters. The van der Waals surface area contributed by atoms with Crippen LogP contribution in [0.4, 0.5) is 0 Å². The van der Waals surface area contributed by atoms with Crippen LogP contribution in [0.3, 0.4) is 0 Å². The Morgan fingerprint density at radius 1 is 1.37 bits per heavy atom. The van der Waals surface area contributed by atoms with Gasteiger partial charge in [-0.05, 0) is 46.6 Å². The minimum absolute atomic E-state index is 0.0215. The third-order valence-corrected chi connectivity index (χ3v) is 4.63. The number of halogens is 2.